The van der Waals surface area contributed by atoms with Gasteiger partial charge < -0.3 is 10.0 Å². The normalized spacial score (nSPS) is 16.2. The third kappa shape index (κ3) is 2.05. The maximum atomic E-state index is 11.3. The fourth-order valence-electron chi connectivity index (χ4n) is 1.97. The molecule has 16 heavy (non-hydrogen) atoms. The second-order valence-corrected chi connectivity index (χ2v) is 3.89. The van der Waals surface area contributed by atoms with Crippen LogP contribution in [0.2, 0.25) is 0 Å². The molecule has 2 rings (SSSR count). The lowest BCUT2D eigenvalue weighted by molar-refractivity contribution is -0.118. The van der Waals surface area contributed by atoms with Crippen LogP contribution in [0.4, 0.5) is 5.69 Å². The van der Waals surface area contributed by atoms with Crippen LogP contribution in [0.15, 0.2) is 24.3 Å². The molecule has 1 fully saturated rings. The van der Waals surface area contributed by atoms with E-state index in [1.165, 1.54) is 0 Å². The molecule has 0 spiro atoms. The van der Waals surface area contributed by atoms with Crippen molar-refractivity contribution < 1.29 is 14.7 Å². The lowest BCUT2D eigenvalue weighted by Crippen LogP contribution is -2.36. The smallest absolute Gasteiger partial charge is 0.337 e. The monoisotopic (exact) mass is 219 g/mol. The van der Waals surface area contributed by atoms with Gasteiger partial charge in [0.15, 0.2) is 5.78 Å². The highest BCUT2D eigenvalue weighted by molar-refractivity contribution is 5.95. The molecule has 1 aromatic rings. The van der Waals surface area contributed by atoms with Gasteiger partial charge >= 0.3 is 5.97 Å². The van der Waals surface area contributed by atoms with E-state index in [4.69, 9.17) is 5.11 Å². The molecule has 84 valence electrons. The minimum Gasteiger partial charge on any atom is -0.478 e. The Kier molecular flexibility index (Phi) is 2.90. The largest absolute Gasteiger partial charge is 0.478 e. The first-order chi connectivity index (χ1) is 7.68. The Morgan fingerprint density at radius 2 is 2.06 bits per heavy atom. The van der Waals surface area contributed by atoms with Crippen LogP contribution in [-0.4, -0.2) is 29.9 Å². The van der Waals surface area contributed by atoms with Gasteiger partial charge in [-0.1, -0.05) is 12.1 Å². The van der Waals surface area contributed by atoms with Gasteiger partial charge in [-0.05, 0) is 18.6 Å². The van der Waals surface area contributed by atoms with Gasteiger partial charge in [-0.2, -0.15) is 0 Å². The van der Waals surface area contributed by atoms with Crippen LogP contribution in [0.1, 0.15) is 23.2 Å². The minimum atomic E-state index is -0.950. The molecule has 1 saturated heterocycles. The molecule has 0 amide bonds. The maximum absolute atomic E-state index is 11.3. The average molecular weight is 219 g/mol. The van der Waals surface area contributed by atoms with Crippen molar-refractivity contribution in [3.8, 4) is 0 Å². The summed E-state index contributed by atoms with van der Waals surface area (Å²) in [6, 6.07) is 6.80. The quantitative estimate of drug-likeness (QED) is 0.820. The molecule has 0 saturated carbocycles. The van der Waals surface area contributed by atoms with Gasteiger partial charge in [0.25, 0.3) is 0 Å². The minimum absolute atomic E-state index is 0.173. The van der Waals surface area contributed by atoms with E-state index >= 15 is 0 Å². The Balaban J connectivity index is 2.32. The van der Waals surface area contributed by atoms with Crippen LogP contribution in [-0.2, 0) is 4.79 Å². The molecule has 1 aromatic carbocycles. The Hall–Kier alpha value is -1.84. The fraction of sp³-hybridized carbons (Fsp3) is 0.333. The highest BCUT2D eigenvalue weighted by Crippen LogP contribution is 2.22. The summed E-state index contributed by atoms with van der Waals surface area (Å²) in [5.74, 6) is -0.778. The third-order valence-corrected chi connectivity index (χ3v) is 2.73. The molecule has 0 aliphatic carbocycles. The molecule has 0 atom stereocenters. The van der Waals surface area contributed by atoms with Gasteiger partial charge in [0, 0.05) is 13.0 Å². The van der Waals surface area contributed by atoms with E-state index in [0.29, 0.717) is 18.7 Å². The van der Waals surface area contributed by atoms with Crippen LogP contribution in [0, 0.1) is 0 Å². The fourth-order valence-corrected chi connectivity index (χ4v) is 1.97. The van der Waals surface area contributed by atoms with Crippen molar-refractivity contribution >= 4 is 17.4 Å². The lowest BCUT2D eigenvalue weighted by Gasteiger charge is -2.28. The summed E-state index contributed by atoms with van der Waals surface area (Å²) in [5, 5.41) is 9.05. The number of aromatic carboxylic acids is 1. The van der Waals surface area contributed by atoms with E-state index in [1.54, 1.807) is 24.3 Å². The summed E-state index contributed by atoms with van der Waals surface area (Å²) in [6.45, 7) is 1.07. The van der Waals surface area contributed by atoms with Crippen LogP contribution in [0.3, 0.4) is 0 Å². The van der Waals surface area contributed by atoms with Crippen LogP contribution >= 0.6 is 0 Å². The average Bonchev–Trinajstić information content (AvgIpc) is 2.29. The SMILES string of the molecule is O=C1CCCN(c2ccccc2C(=O)O)C1. The summed E-state index contributed by atoms with van der Waals surface area (Å²) in [7, 11) is 0. The summed E-state index contributed by atoms with van der Waals surface area (Å²) in [6.07, 6.45) is 1.40. The highest BCUT2D eigenvalue weighted by Gasteiger charge is 2.20. The molecule has 0 aromatic heterocycles. The van der Waals surface area contributed by atoms with E-state index in [1.807, 2.05) is 4.90 Å². The van der Waals surface area contributed by atoms with Gasteiger partial charge in [-0.25, -0.2) is 4.79 Å². The predicted octanol–water partition coefficient (Wildman–Crippen LogP) is 1.55. The van der Waals surface area contributed by atoms with E-state index in [9.17, 15) is 9.59 Å². The number of carboxylic acids is 1. The number of carbonyl (C=O) groups is 2. The van der Waals surface area contributed by atoms with Crippen molar-refractivity contribution in [1.82, 2.24) is 0 Å². The summed E-state index contributed by atoms with van der Waals surface area (Å²) < 4.78 is 0. The van der Waals surface area contributed by atoms with Crippen molar-refractivity contribution in [2.75, 3.05) is 18.0 Å². The molecule has 4 heteroatoms. The molecule has 0 unspecified atom stereocenters. The number of carbonyl (C=O) groups excluding carboxylic acids is 1. The van der Waals surface area contributed by atoms with Crippen LogP contribution in [0.25, 0.3) is 0 Å². The second kappa shape index (κ2) is 4.35. The van der Waals surface area contributed by atoms with Crippen molar-refractivity contribution in [3.05, 3.63) is 29.8 Å². The Labute approximate surface area is 93.5 Å². The van der Waals surface area contributed by atoms with Crippen molar-refractivity contribution in [2.45, 2.75) is 12.8 Å². The first-order valence-corrected chi connectivity index (χ1v) is 5.27. The molecule has 1 heterocycles. The van der Waals surface area contributed by atoms with Crippen molar-refractivity contribution in [1.29, 1.82) is 0 Å². The van der Waals surface area contributed by atoms with Crippen LogP contribution in [0.5, 0.6) is 0 Å². The maximum Gasteiger partial charge on any atom is 0.337 e. The topological polar surface area (TPSA) is 57.6 Å². The van der Waals surface area contributed by atoms with Crippen molar-refractivity contribution in [2.24, 2.45) is 0 Å². The molecular formula is C12H13NO3. The van der Waals surface area contributed by atoms with Crippen molar-refractivity contribution in [3.63, 3.8) is 0 Å². The number of hydrogen-bond acceptors (Lipinski definition) is 3. The molecule has 1 N–H and O–H groups in total. The number of anilines is 1. The lowest BCUT2D eigenvalue weighted by atomic mass is 10.1. The van der Waals surface area contributed by atoms with Gasteiger partial charge in [-0.15, -0.1) is 0 Å². The number of piperidine rings is 1. The van der Waals surface area contributed by atoms with E-state index in [2.05, 4.69) is 0 Å². The molecule has 1 aliphatic heterocycles. The zero-order valence-corrected chi connectivity index (χ0v) is 8.85. The van der Waals surface area contributed by atoms with E-state index in [-0.39, 0.29) is 11.3 Å². The first kappa shape index (κ1) is 10.7. The first-order valence-electron chi connectivity index (χ1n) is 5.27. The molecule has 4 nitrogen and oxygen atoms in total. The number of ketones is 1. The molecule has 0 radical (unpaired) electrons. The van der Waals surface area contributed by atoms with Gasteiger partial charge in [0.05, 0.1) is 17.8 Å². The predicted molar refractivity (Wildman–Crippen MR) is 59.9 cm³/mol. The number of para-hydroxylation sites is 1. The number of carboxylic acid groups (broad SMARTS) is 1. The number of rotatable bonds is 2. The molecular weight excluding hydrogens is 206 g/mol. The summed E-state index contributed by atoms with van der Waals surface area (Å²) in [5.41, 5.74) is 0.903. The number of Topliss-reactive ketones (excluding diaryl/α,β-unsaturated/α-hetero) is 1. The van der Waals surface area contributed by atoms with Gasteiger partial charge in [0.1, 0.15) is 0 Å². The summed E-state index contributed by atoms with van der Waals surface area (Å²) >= 11 is 0. The number of benzene rings is 1. The number of nitrogens with zero attached hydrogens (tertiary/aromatic N) is 1. The third-order valence-electron chi connectivity index (χ3n) is 2.73. The molecule has 1 aliphatic rings. The van der Waals surface area contributed by atoms with Gasteiger partial charge in [-0.3, -0.25) is 4.79 Å². The Morgan fingerprint density at radius 1 is 1.31 bits per heavy atom. The zero-order valence-electron chi connectivity index (χ0n) is 8.85. The molecule has 0 bridgehead atoms. The van der Waals surface area contributed by atoms with Crippen LogP contribution < -0.4 is 4.90 Å². The zero-order chi connectivity index (χ0) is 11.5. The Morgan fingerprint density at radius 3 is 2.75 bits per heavy atom. The highest BCUT2D eigenvalue weighted by atomic mass is 16.4. The number of hydrogen-bond donors (Lipinski definition) is 1. The summed E-state index contributed by atoms with van der Waals surface area (Å²) in [4.78, 5) is 24.2. The Bertz CT molecular complexity index is 428. The van der Waals surface area contributed by atoms with Gasteiger partial charge in [0.2, 0.25) is 0 Å². The van der Waals surface area contributed by atoms with E-state index < -0.39 is 5.97 Å². The van der Waals surface area contributed by atoms with E-state index in [0.717, 1.165) is 13.0 Å². The standard InChI is InChI=1S/C12H13NO3/c14-9-4-3-7-13(8-9)11-6-2-1-5-10(11)12(15)16/h1-2,5-6H,3-4,7-8H2,(H,15,16). The second-order valence-electron chi connectivity index (χ2n) is 3.89.